The highest BCUT2D eigenvalue weighted by atomic mass is 32.1. The highest BCUT2D eigenvalue weighted by Crippen LogP contribution is 2.04. The van der Waals surface area contributed by atoms with Crippen LogP contribution in [0.4, 0.5) is 0 Å². The molecule has 0 aromatic heterocycles. The number of carbonyl (C=O) groups is 5. The lowest BCUT2D eigenvalue weighted by atomic mass is 10.1. The first kappa shape index (κ1) is 28.0. The fourth-order valence-electron chi connectivity index (χ4n) is 2.27. The van der Waals surface area contributed by atoms with Crippen LogP contribution in [0.1, 0.15) is 25.7 Å². The summed E-state index contributed by atoms with van der Waals surface area (Å²) in [6, 6.07) is -4.69. The summed E-state index contributed by atoms with van der Waals surface area (Å²) in [5.41, 5.74) is 16.1. The van der Waals surface area contributed by atoms with Crippen molar-refractivity contribution in [1.29, 1.82) is 0 Å². The lowest BCUT2D eigenvalue weighted by Crippen LogP contribution is -2.58. The molecule has 172 valence electrons. The number of rotatable bonds is 15. The summed E-state index contributed by atoms with van der Waals surface area (Å²) in [5, 5.41) is 16.1. The van der Waals surface area contributed by atoms with E-state index in [1.54, 1.807) is 0 Å². The molecule has 0 aliphatic heterocycles. The summed E-state index contributed by atoms with van der Waals surface area (Å²) >= 11 is 7.86. The summed E-state index contributed by atoms with van der Waals surface area (Å²) in [4.78, 5) is 59.1. The molecule has 30 heavy (non-hydrogen) atoms. The van der Waals surface area contributed by atoms with Gasteiger partial charge in [-0.15, -0.1) is 0 Å². The van der Waals surface area contributed by atoms with Gasteiger partial charge in [-0.25, -0.2) is 4.79 Å². The first-order chi connectivity index (χ1) is 14.1. The maximum absolute atomic E-state index is 12.6. The van der Waals surface area contributed by atoms with E-state index in [0.717, 1.165) is 0 Å². The quantitative estimate of drug-likeness (QED) is 0.0877. The zero-order valence-corrected chi connectivity index (χ0v) is 18.2. The van der Waals surface area contributed by atoms with Gasteiger partial charge in [-0.3, -0.25) is 19.2 Å². The van der Waals surface area contributed by atoms with Crippen molar-refractivity contribution >= 4 is 54.9 Å². The molecule has 0 saturated carbocycles. The number of carboxylic acid groups (broad SMARTS) is 1. The molecule has 0 rings (SSSR count). The third-order valence-corrected chi connectivity index (χ3v) is 4.68. The van der Waals surface area contributed by atoms with Gasteiger partial charge in [0.05, 0.1) is 12.5 Å². The predicted octanol–water partition coefficient (Wildman–Crippen LogP) is -3.28. The Morgan fingerprint density at radius 2 is 1.33 bits per heavy atom. The van der Waals surface area contributed by atoms with Crippen LogP contribution in [-0.4, -0.2) is 76.9 Å². The molecule has 0 heterocycles. The van der Waals surface area contributed by atoms with E-state index in [1.165, 1.54) is 0 Å². The van der Waals surface area contributed by atoms with Crippen LogP contribution in [0.5, 0.6) is 0 Å². The van der Waals surface area contributed by atoms with Gasteiger partial charge in [0, 0.05) is 11.5 Å². The van der Waals surface area contributed by atoms with Gasteiger partial charge in [0.1, 0.15) is 18.1 Å². The number of amides is 4. The van der Waals surface area contributed by atoms with E-state index in [2.05, 4.69) is 41.2 Å². The molecular formula is C16H30N6O6S2. The number of carboxylic acids is 1. The molecule has 0 aromatic rings. The van der Waals surface area contributed by atoms with Gasteiger partial charge in [0.2, 0.25) is 23.6 Å². The summed E-state index contributed by atoms with van der Waals surface area (Å²) in [6.07, 6.45) is 0.891. The van der Waals surface area contributed by atoms with Crippen LogP contribution < -0.4 is 33.2 Å². The van der Waals surface area contributed by atoms with Crippen molar-refractivity contribution in [3.63, 3.8) is 0 Å². The number of aliphatic carboxylic acids is 1. The largest absolute Gasteiger partial charge is 0.480 e. The molecule has 0 spiro atoms. The van der Waals surface area contributed by atoms with E-state index in [-0.39, 0.29) is 17.9 Å². The smallest absolute Gasteiger partial charge is 0.327 e. The van der Waals surface area contributed by atoms with Gasteiger partial charge < -0.3 is 38.3 Å². The average Bonchev–Trinajstić information content (AvgIpc) is 2.68. The molecule has 4 atom stereocenters. The Bertz CT molecular complexity index is 623. The lowest BCUT2D eigenvalue weighted by molar-refractivity contribution is -0.141. The molecule has 0 saturated heterocycles. The molecule has 0 aliphatic carbocycles. The van der Waals surface area contributed by atoms with Crippen LogP contribution >= 0.6 is 25.3 Å². The molecule has 4 amide bonds. The predicted molar refractivity (Wildman–Crippen MR) is 116 cm³/mol. The molecule has 14 heteroatoms. The van der Waals surface area contributed by atoms with Gasteiger partial charge in [-0.2, -0.15) is 25.3 Å². The Kier molecular flexibility index (Phi) is 13.9. The van der Waals surface area contributed by atoms with E-state index in [4.69, 9.17) is 22.3 Å². The molecule has 10 N–H and O–H groups in total. The van der Waals surface area contributed by atoms with E-state index in [1.807, 2.05) is 0 Å². The standard InChI is InChI=1S/C16H30N6O6S2/c17-4-2-1-3-9(20-13(24)8(18)5-12(19)23)14(25)21-10(6-29)15(26)22-11(7-30)16(27)28/h8-11,29-30H,1-7,17-18H2,(H2,19,23)(H,20,24)(H,21,25)(H,22,26)(H,27,28). The fraction of sp³-hybridized carbons (Fsp3) is 0.688. The number of thiol groups is 2. The van der Waals surface area contributed by atoms with Crippen molar-refractivity contribution in [3.05, 3.63) is 0 Å². The summed E-state index contributed by atoms with van der Waals surface area (Å²) in [6.45, 7) is 0.380. The number of hydrogen-bond donors (Lipinski definition) is 9. The number of nitrogens with one attached hydrogen (secondary N) is 3. The zero-order chi connectivity index (χ0) is 23.3. The first-order valence-electron chi connectivity index (χ1n) is 9.16. The van der Waals surface area contributed by atoms with Crippen LogP contribution in [0.3, 0.4) is 0 Å². The number of primary amides is 1. The number of hydrogen-bond acceptors (Lipinski definition) is 9. The van der Waals surface area contributed by atoms with Crippen LogP contribution in [0.2, 0.25) is 0 Å². The van der Waals surface area contributed by atoms with E-state index in [9.17, 15) is 24.0 Å². The maximum Gasteiger partial charge on any atom is 0.327 e. The minimum Gasteiger partial charge on any atom is -0.480 e. The first-order valence-corrected chi connectivity index (χ1v) is 10.4. The minimum absolute atomic E-state index is 0.124. The molecule has 4 unspecified atom stereocenters. The van der Waals surface area contributed by atoms with Crippen molar-refractivity contribution in [2.24, 2.45) is 17.2 Å². The summed E-state index contributed by atoms with van der Waals surface area (Å²) in [7, 11) is 0. The van der Waals surface area contributed by atoms with Crippen molar-refractivity contribution in [2.75, 3.05) is 18.1 Å². The Hall–Kier alpha value is -2.03. The summed E-state index contributed by atoms with van der Waals surface area (Å²) in [5.74, 6) is -4.54. The second-order valence-corrected chi connectivity index (χ2v) is 7.18. The molecule has 0 aliphatic rings. The second kappa shape index (κ2) is 14.9. The summed E-state index contributed by atoms with van der Waals surface area (Å²) < 4.78 is 0. The molecule has 0 bridgehead atoms. The highest BCUT2D eigenvalue weighted by Gasteiger charge is 2.29. The molecule has 0 aromatic carbocycles. The normalized spacial score (nSPS) is 14.7. The topological polar surface area (TPSA) is 220 Å². The highest BCUT2D eigenvalue weighted by molar-refractivity contribution is 7.80. The van der Waals surface area contributed by atoms with Crippen molar-refractivity contribution in [3.8, 4) is 0 Å². The Morgan fingerprint density at radius 3 is 1.80 bits per heavy atom. The van der Waals surface area contributed by atoms with Gasteiger partial charge in [0.15, 0.2) is 0 Å². The van der Waals surface area contributed by atoms with E-state index < -0.39 is 60.2 Å². The van der Waals surface area contributed by atoms with Crippen LogP contribution in [0, 0.1) is 0 Å². The third-order valence-electron chi connectivity index (χ3n) is 3.95. The number of unbranched alkanes of at least 4 members (excludes halogenated alkanes) is 1. The van der Waals surface area contributed by atoms with Crippen molar-refractivity contribution < 1.29 is 29.1 Å². The SMILES string of the molecule is NCCCCC(NC(=O)C(N)CC(N)=O)C(=O)NC(CS)C(=O)NC(CS)C(=O)O. The maximum atomic E-state index is 12.6. The molecule has 0 radical (unpaired) electrons. The average molecular weight is 467 g/mol. The van der Waals surface area contributed by atoms with Crippen LogP contribution in [0.25, 0.3) is 0 Å². The van der Waals surface area contributed by atoms with Gasteiger partial charge in [-0.1, -0.05) is 0 Å². The van der Waals surface area contributed by atoms with Crippen LogP contribution in [0.15, 0.2) is 0 Å². The Labute approximate surface area is 185 Å². The molecular weight excluding hydrogens is 436 g/mol. The second-order valence-electron chi connectivity index (χ2n) is 6.45. The van der Waals surface area contributed by atoms with Crippen molar-refractivity contribution in [1.82, 2.24) is 16.0 Å². The molecule has 12 nitrogen and oxygen atoms in total. The van der Waals surface area contributed by atoms with Gasteiger partial charge in [-0.05, 0) is 25.8 Å². The monoisotopic (exact) mass is 466 g/mol. The zero-order valence-electron chi connectivity index (χ0n) is 16.4. The Morgan fingerprint density at radius 1 is 0.833 bits per heavy atom. The van der Waals surface area contributed by atoms with E-state index in [0.29, 0.717) is 19.4 Å². The fourth-order valence-corrected chi connectivity index (χ4v) is 2.78. The van der Waals surface area contributed by atoms with E-state index >= 15 is 0 Å². The van der Waals surface area contributed by atoms with Crippen molar-refractivity contribution in [2.45, 2.75) is 49.9 Å². The Balaban J connectivity index is 5.17. The lowest BCUT2D eigenvalue weighted by Gasteiger charge is -2.24. The minimum atomic E-state index is -1.28. The number of carbonyl (C=O) groups excluding carboxylic acids is 4. The van der Waals surface area contributed by atoms with Crippen LogP contribution in [-0.2, 0) is 24.0 Å². The van der Waals surface area contributed by atoms with Gasteiger partial charge in [0.25, 0.3) is 0 Å². The number of nitrogens with two attached hydrogens (primary N) is 3. The third kappa shape index (κ3) is 10.7. The van der Waals surface area contributed by atoms with Gasteiger partial charge >= 0.3 is 5.97 Å². The molecule has 0 fully saturated rings.